The number of hydrogen-bond acceptors (Lipinski definition) is 7. The van der Waals surface area contributed by atoms with E-state index in [4.69, 9.17) is 16.3 Å². The number of aromatic amines is 1. The molecule has 182 valence electrons. The molecule has 1 aliphatic heterocycles. The van der Waals surface area contributed by atoms with E-state index < -0.39 is 46.2 Å². The Morgan fingerprint density at radius 2 is 2.00 bits per heavy atom. The van der Waals surface area contributed by atoms with Gasteiger partial charge >= 0.3 is 0 Å². The Morgan fingerprint density at radius 1 is 1.33 bits per heavy atom. The number of alkyl halides is 2. The Hall–Kier alpha value is -2.28. The molecular weight excluding hydrogens is 484 g/mol. The van der Waals surface area contributed by atoms with Crippen LogP contribution in [0.25, 0.3) is 0 Å². The summed E-state index contributed by atoms with van der Waals surface area (Å²) >= 11 is 6.52. The number of halogens is 3. The van der Waals surface area contributed by atoms with Gasteiger partial charge in [-0.25, -0.2) is 17.2 Å². The average Bonchev–Trinajstić information content (AvgIpc) is 3.17. The van der Waals surface area contributed by atoms with Crippen LogP contribution in [0.15, 0.2) is 28.0 Å². The van der Waals surface area contributed by atoms with Crippen LogP contribution in [0.4, 0.5) is 14.5 Å². The van der Waals surface area contributed by atoms with Crippen LogP contribution in [0.3, 0.4) is 0 Å². The predicted molar refractivity (Wildman–Crippen MR) is 118 cm³/mol. The quantitative estimate of drug-likeness (QED) is 0.517. The normalized spacial score (nSPS) is 17.4. The van der Waals surface area contributed by atoms with Gasteiger partial charge in [-0.3, -0.25) is 14.3 Å². The van der Waals surface area contributed by atoms with E-state index in [0.717, 1.165) is 6.26 Å². The third-order valence-electron chi connectivity index (χ3n) is 5.57. The number of rotatable bonds is 8. The summed E-state index contributed by atoms with van der Waals surface area (Å²) < 4.78 is 58.2. The van der Waals surface area contributed by atoms with Crippen molar-refractivity contribution in [2.75, 3.05) is 44.2 Å². The van der Waals surface area contributed by atoms with Gasteiger partial charge in [-0.15, -0.1) is 0 Å². The monoisotopic (exact) mass is 507 g/mol. The summed E-state index contributed by atoms with van der Waals surface area (Å²) in [6.45, 7) is -1.09. The van der Waals surface area contributed by atoms with Gasteiger partial charge in [0.25, 0.3) is 5.56 Å². The number of hydrogen-bond donors (Lipinski definition) is 2. The van der Waals surface area contributed by atoms with Gasteiger partial charge in [0.15, 0.2) is 9.84 Å². The lowest BCUT2D eigenvalue weighted by molar-refractivity contribution is -0.132. The minimum atomic E-state index is -3.85. The Morgan fingerprint density at radius 3 is 2.55 bits per heavy atom. The molecule has 3 rings (SSSR count). The number of aryl methyl sites for hydroxylation is 1. The van der Waals surface area contributed by atoms with Gasteiger partial charge in [0.05, 0.1) is 22.2 Å². The molecule has 1 aromatic carbocycles. The van der Waals surface area contributed by atoms with Crippen molar-refractivity contribution in [1.29, 1.82) is 0 Å². The number of ether oxygens (including phenoxy) is 1. The molecule has 1 aromatic heterocycles. The zero-order valence-electron chi connectivity index (χ0n) is 18.0. The van der Waals surface area contributed by atoms with E-state index in [0.29, 0.717) is 6.54 Å². The van der Waals surface area contributed by atoms with Gasteiger partial charge in [-0.05, 0) is 19.1 Å². The summed E-state index contributed by atoms with van der Waals surface area (Å²) in [6, 6.07) is 2.40. The fraction of sp³-hybridized carbons (Fsp3) is 0.500. The first-order valence-electron chi connectivity index (χ1n) is 10.0. The first-order valence-corrected chi connectivity index (χ1v) is 12.3. The first-order chi connectivity index (χ1) is 15.5. The average molecular weight is 508 g/mol. The number of sulfone groups is 1. The number of carbonyl (C=O) groups is 1. The minimum Gasteiger partial charge on any atom is -0.382 e. The largest absolute Gasteiger partial charge is 0.382 e. The SMILES string of the molecule is CCn1[nH]cc(C(=O)c2ccc(S(C)(=O)=O)c(N3CCOC(C(O)(CF)CF)C3)c2Cl)c1=O. The van der Waals surface area contributed by atoms with Crippen LogP contribution in [-0.4, -0.2) is 80.1 Å². The van der Waals surface area contributed by atoms with Crippen LogP contribution in [0.2, 0.25) is 5.02 Å². The molecule has 0 aliphatic carbocycles. The highest BCUT2D eigenvalue weighted by molar-refractivity contribution is 7.90. The molecule has 1 atom stereocenters. The maximum Gasteiger partial charge on any atom is 0.277 e. The predicted octanol–water partition coefficient (Wildman–Crippen LogP) is 1.36. The molecule has 1 aliphatic rings. The molecule has 1 unspecified atom stereocenters. The van der Waals surface area contributed by atoms with Crippen LogP contribution in [0.1, 0.15) is 22.8 Å². The second kappa shape index (κ2) is 9.53. The molecule has 1 fully saturated rings. The molecule has 1 saturated heterocycles. The van der Waals surface area contributed by atoms with E-state index in [-0.39, 0.29) is 46.4 Å². The topological polar surface area (TPSA) is 122 Å². The van der Waals surface area contributed by atoms with Crippen molar-refractivity contribution in [3.05, 3.63) is 44.8 Å². The summed E-state index contributed by atoms with van der Waals surface area (Å²) in [5, 5.41) is 12.6. The van der Waals surface area contributed by atoms with Crippen LogP contribution in [-0.2, 0) is 21.1 Å². The Kier molecular flexibility index (Phi) is 7.32. The zero-order chi connectivity index (χ0) is 24.6. The highest BCUT2D eigenvalue weighted by Crippen LogP contribution is 2.38. The molecule has 2 N–H and O–H groups in total. The van der Waals surface area contributed by atoms with Crippen molar-refractivity contribution in [2.45, 2.75) is 30.1 Å². The van der Waals surface area contributed by atoms with Crippen LogP contribution >= 0.6 is 11.6 Å². The second-order valence-electron chi connectivity index (χ2n) is 7.79. The number of nitrogens with one attached hydrogen (secondary N) is 1. The number of morpholine rings is 1. The smallest absolute Gasteiger partial charge is 0.277 e. The van der Waals surface area contributed by atoms with E-state index in [1.807, 2.05) is 0 Å². The Balaban J connectivity index is 2.12. The Labute approximate surface area is 193 Å². The van der Waals surface area contributed by atoms with Crippen molar-refractivity contribution < 1.29 is 31.8 Å². The maximum absolute atomic E-state index is 13.3. The van der Waals surface area contributed by atoms with Crippen molar-refractivity contribution in [3.8, 4) is 0 Å². The molecule has 0 spiro atoms. The van der Waals surface area contributed by atoms with E-state index in [2.05, 4.69) is 5.10 Å². The van der Waals surface area contributed by atoms with Gasteiger partial charge in [0.1, 0.15) is 30.6 Å². The molecule has 2 heterocycles. The van der Waals surface area contributed by atoms with Crippen molar-refractivity contribution >= 4 is 32.9 Å². The van der Waals surface area contributed by atoms with Gasteiger partial charge in [0.2, 0.25) is 5.78 Å². The van der Waals surface area contributed by atoms with E-state index in [9.17, 15) is 31.9 Å². The molecule has 0 amide bonds. The summed E-state index contributed by atoms with van der Waals surface area (Å²) in [5.74, 6) is -0.719. The molecule has 0 radical (unpaired) electrons. The number of ketones is 1. The lowest BCUT2D eigenvalue weighted by Crippen LogP contribution is -2.57. The van der Waals surface area contributed by atoms with E-state index >= 15 is 0 Å². The molecule has 9 nitrogen and oxygen atoms in total. The fourth-order valence-corrected chi connectivity index (χ4v) is 4.98. The summed E-state index contributed by atoms with van der Waals surface area (Å²) in [5.41, 5.74) is -3.34. The standard InChI is InChI=1S/C20H24ClF2N3O6S/c1-3-26-19(28)13(8-24-26)18(27)12-4-5-14(33(2,30)31)17(16(12)21)25-6-7-32-15(9-25)20(29,10-22)11-23/h4-5,8,15,24,29H,3,6-7,9-11H2,1-2H3. The Bertz CT molecular complexity index is 1210. The molecule has 2 aromatic rings. The number of aromatic nitrogens is 2. The minimum absolute atomic E-state index is 0.0651. The molecule has 0 saturated carbocycles. The number of nitrogens with zero attached hydrogens (tertiary/aromatic N) is 2. The third-order valence-corrected chi connectivity index (χ3v) is 7.08. The van der Waals surface area contributed by atoms with Gasteiger partial charge in [-0.2, -0.15) is 0 Å². The number of aliphatic hydroxyl groups is 1. The lowest BCUT2D eigenvalue weighted by Gasteiger charge is -2.41. The molecule has 33 heavy (non-hydrogen) atoms. The summed E-state index contributed by atoms with van der Waals surface area (Å²) in [7, 11) is -3.85. The fourth-order valence-electron chi connectivity index (χ4n) is 3.65. The highest BCUT2D eigenvalue weighted by atomic mass is 35.5. The lowest BCUT2D eigenvalue weighted by atomic mass is 9.97. The van der Waals surface area contributed by atoms with Crippen LogP contribution < -0.4 is 10.5 Å². The second-order valence-corrected chi connectivity index (χ2v) is 10.2. The number of benzene rings is 1. The van der Waals surface area contributed by atoms with Gasteiger partial charge in [0, 0.05) is 37.7 Å². The van der Waals surface area contributed by atoms with E-state index in [1.165, 1.54) is 27.9 Å². The third kappa shape index (κ3) is 4.70. The van der Waals surface area contributed by atoms with E-state index in [1.54, 1.807) is 6.92 Å². The van der Waals surface area contributed by atoms with Gasteiger partial charge in [-0.1, -0.05) is 11.6 Å². The van der Waals surface area contributed by atoms with Gasteiger partial charge < -0.3 is 19.8 Å². The zero-order valence-corrected chi connectivity index (χ0v) is 19.5. The van der Waals surface area contributed by atoms with Crippen molar-refractivity contribution in [2.24, 2.45) is 0 Å². The van der Waals surface area contributed by atoms with Crippen LogP contribution in [0, 0.1) is 0 Å². The van der Waals surface area contributed by atoms with Crippen molar-refractivity contribution in [1.82, 2.24) is 9.78 Å². The maximum atomic E-state index is 13.3. The first kappa shape index (κ1) is 25.3. The number of H-pyrrole nitrogens is 1. The number of anilines is 1. The van der Waals surface area contributed by atoms with Crippen LogP contribution in [0.5, 0.6) is 0 Å². The number of carbonyl (C=O) groups excluding carboxylic acids is 1. The molecule has 13 heteroatoms. The highest BCUT2D eigenvalue weighted by Gasteiger charge is 2.42. The summed E-state index contributed by atoms with van der Waals surface area (Å²) in [6.07, 6.45) is 0.875. The molecule has 0 bridgehead atoms. The van der Waals surface area contributed by atoms with Crippen molar-refractivity contribution in [3.63, 3.8) is 0 Å². The summed E-state index contributed by atoms with van der Waals surface area (Å²) in [4.78, 5) is 26.7. The molecular formula is C20H24ClF2N3O6S.